The van der Waals surface area contributed by atoms with Gasteiger partial charge < -0.3 is 19.5 Å². The molecule has 0 bridgehead atoms. The van der Waals surface area contributed by atoms with Crippen LogP contribution in [0.3, 0.4) is 0 Å². The molecule has 6 rings (SSSR count). The molecule has 0 aliphatic carbocycles. The van der Waals surface area contributed by atoms with E-state index in [-0.39, 0.29) is 35.8 Å². The molecule has 0 spiro atoms. The van der Waals surface area contributed by atoms with Gasteiger partial charge in [-0.05, 0) is 52.9 Å². The number of likely N-dealkylation sites (tertiary alicyclic amines) is 2. The molecule has 4 aromatic rings. The molecular formula is C31H33BrN6O4. The van der Waals surface area contributed by atoms with Crippen LogP contribution in [0.25, 0.3) is 11.0 Å². The molecule has 2 aliphatic heterocycles. The van der Waals surface area contributed by atoms with E-state index >= 15 is 0 Å². The normalized spacial score (nSPS) is 20.5. The van der Waals surface area contributed by atoms with E-state index in [9.17, 15) is 19.5 Å². The number of rotatable bonds is 5. The first kappa shape index (κ1) is 28.3. The Morgan fingerprint density at radius 2 is 1.83 bits per heavy atom. The standard InChI is InChI=1S/C31H33BrN6O4/c1-35-11-7-25-27(35)34-20-38(30(25)41)19-31(42)9-13-36(14-10-31)29(40)24-8-12-37(18-26(24)21-5-3-2-4-6-21)28(39)22-15-23(32)17-33-16-22/h2-7,11,15-17,20,24,26,42H,8-10,12-14,18-19H2,1H3/t24-,26+/m1/s1. The lowest BCUT2D eigenvalue weighted by atomic mass is 9.79. The van der Waals surface area contributed by atoms with Crippen LogP contribution in [-0.4, -0.2) is 77.6 Å². The van der Waals surface area contributed by atoms with Gasteiger partial charge in [-0.2, -0.15) is 0 Å². The van der Waals surface area contributed by atoms with Crippen molar-refractivity contribution >= 4 is 38.8 Å². The minimum Gasteiger partial charge on any atom is -0.388 e. The molecule has 2 atom stereocenters. The molecule has 11 heteroatoms. The molecule has 2 saturated heterocycles. The second kappa shape index (κ2) is 11.4. The average molecular weight is 634 g/mol. The van der Waals surface area contributed by atoms with Crippen molar-refractivity contribution in [2.24, 2.45) is 13.0 Å². The number of aryl methyl sites for hydroxylation is 1. The first-order valence-corrected chi connectivity index (χ1v) is 15.0. The lowest BCUT2D eigenvalue weighted by molar-refractivity contribution is -0.142. The van der Waals surface area contributed by atoms with Crippen LogP contribution >= 0.6 is 15.9 Å². The molecule has 1 aromatic carbocycles. The number of carbonyl (C=O) groups excluding carboxylic acids is 2. The number of aliphatic hydroxyl groups is 1. The second-order valence-electron chi connectivity index (χ2n) is 11.4. The number of benzene rings is 1. The summed E-state index contributed by atoms with van der Waals surface area (Å²) >= 11 is 3.39. The van der Waals surface area contributed by atoms with Crippen molar-refractivity contribution in [1.82, 2.24) is 28.9 Å². The fourth-order valence-corrected chi connectivity index (χ4v) is 6.69. The Morgan fingerprint density at radius 1 is 1.07 bits per heavy atom. The minimum absolute atomic E-state index is 0.0478. The highest BCUT2D eigenvalue weighted by Gasteiger charge is 2.41. The van der Waals surface area contributed by atoms with Crippen molar-refractivity contribution in [3.63, 3.8) is 0 Å². The van der Waals surface area contributed by atoms with Gasteiger partial charge in [0.05, 0.1) is 23.1 Å². The highest BCUT2D eigenvalue weighted by atomic mass is 79.9. The van der Waals surface area contributed by atoms with Crippen LogP contribution in [0.15, 0.2) is 76.6 Å². The summed E-state index contributed by atoms with van der Waals surface area (Å²) in [7, 11) is 1.84. The van der Waals surface area contributed by atoms with Gasteiger partial charge in [0, 0.05) is 68.1 Å². The van der Waals surface area contributed by atoms with Gasteiger partial charge in [-0.3, -0.25) is 23.9 Å². The number of amides is 2. The topological polar surface area (TPSA) is 114 Å². The van der Waals surface area contributed by atoms with E-state index in [1.165, 1.54) is 10.9 Å². The fourth-order valence-electron chi connectivity index (χ4n) is 6.33. The van der Waals surface area contributed by atoms with Crippen molar-refractivity contribution in [1.29, 1.82) is 0 Å². The van der Waals surface area contributed by atoms with Crippen molar-refractivity contribution in [2.75, 3.05) is 26.2 Å². The van der Waals surface area contributed by atoms with Crippen LogP contribution in [0, 0.1) is 5.92 Å². The van der Waals surface area contributed by atoms with E-state index in [1.54, 1.807) is 35.3 Å². The van der Waals surface area contributed by atoms with Gasteiger partial charge in [0.25, 0.3) is 11.5 Å². The third-order valence-corrected chi connectivity index (χ3v) is 9.15. The number of hydrogen-bond acceptors (Lipinski definition) is 6. The molecule has 3 aromatic heterocycles. The van der Waals surface area contributed by atoms with E-state index in [2.05, 4.69) is 25.9 Å². The zero-order chi connectivity index (χ0) is 29.4. The maximum Gasteiger partial charge on any atom is 0.262 e. The average Bonchev–Trinajstić information content (AvgIpc) is 3.39. The molecule has 1 N–H and O–H groups in total. The lowest BCUT2D eigenvalue weighted by Gasteiger charge is -2.43. The Bertz CT molecular complexity index is 1680. The Labute approximate surface area is 251 Å². The summed E-state index contributed by atoms with van der Waals surface area (Å²) in [6.45, 7) is 1.83. The summed E-state index contributed by atoms with van der Waals surface area (Å²) in [6.07, 6.45) is 7.77. The fraction of sp³-hybridized carbons (Fsp3) is 0.387. The van der Waals surface area contributed by atoms with Crippen LogP contribution in [0.2, 0.25) is 0 Å². The maximum absolute atomic E-state index is 14.0. The Hall–Kier alpha value is -3.83. The number of aromatic nitrogens is 4. The van der Waals surface area contributed by atoms with E-state index in [0.717, 1.165) is 10.0 Å². The van der Waals surface area contributed by atoms with Crippen molar-refractivity contribution in [3.8, 4) is 0 Å². The van der Waals surface area contributed by atoms with Gasteiger partial charge in [-0.1, -0.05) is 30.3 Å². The SMILES string of the molecule is Cn1ccc2c(=O)n(CC3(O)CCN(C(=O)[C@@H]4CCN(C(=O)c5cncc(Br)c5)C[C@H]4c4ccccc4)CC3)cnc21. The molecule has 218 valence electrons. The van der Waals surface area contributed by atoms with Gasteiger partial charge in [0.15, 0.2) is 0 Å². The summed E-state index contributed by atoms with van der Waals surface area (Å²) in [5.41, 5.74) is 0.849. The molecule has 2 fully saturated rings. The maximum atomic E-state index is 14.0. The number of fused-ring (bicyclic) bond motifs is 1. The minimum atomic E-state index is -1.11. The zero-order valence-corrected chi connectivity index (χ0v) is 25.0. The van der Waals surface area contributed by atoms with E-state index in [0.29, 0.717) is 62.0 Å². The molecule has 42 heavy (non-hydrogen) atoms. The second-order valence-corrected chi connectivity index (χ2v) is 12.4. The molecule has 0 saturated carbocycles. The van der Waals surface area contributed by atoms with Crippen LogP contribution in [0.1, 0.15) is 41.1 Å². The predicted octanol–water partition coefficient (Wildman–Crippen LogP) is 3.19. The summed E-state index contributed by atoms with van der Waals surface area (Å²) in [5.74, 6) is -0.487. The molecule has 10 nitrogen and oxygen atoms in total. The highest BCUT2D eigenvalue weighted by molar-refractivity contribution is 9.10. The van der Waals surface area contributed by atoms with Crippen molar-refractivity contribution < 1.29 is 14.7 Å². The summed E-state index contributed by atoms with van der Waals surface area (Å²) in [4.78, 5) is 52.5. The number of piperidine rings is 2. The zero-order valence-electron chi connectivity index (χ0n) is 23.4. The lowest BCUT2D eigenvalue weighted by Crippen LogP contribution is -2.53. The van der Waals surface area contributed by atoms with Gasteiger partial charge in [0.2, 0.25) is 5.91 Å². The molecular weight excluding hydrogens is 600 g/mol. The molecule has 5 heterocycles. The number of pyridine rings is 1. The van der Waals surface area contributed by atoms with Crippen LogP contribution in [-0.2, 0) is 18.4 Å². The van der Waals surface area contributed by atoms with E-state index in [4.69, 9.17) is 0 Å². The van der Waals surface area contributed by atoms with Crippen LogP contribution < -0.4 is 5.56 Å². The third-order valence-electron chi connectivity index (χ3n) is 8.72. The predicted molar refractivity (Wildman–Crippen MR) is 161 cm³/mol. The first-order valence-electron chi connectivity index (χ1n) is 14.2. The summed E-state index contributed by atoms with van der Waals surface area (Å²) in [6, 6.07) is 13.4. The molecule has 2 aliphatic rings. The first-order chi connectivity index (χ1) is 20.2. The van der Waals surface area contributed by atoms with Gasteiger partial charge in [-0.25, -0.2) is 4.98 Å². The quantitative estimate of drug-likeness (QED) is 0.362. The third kappa shape index (κ3) is 5.50. The smallest absolute Gasteiger partial charge is 0.262 e. The van der Waals surface area contributed by atoms with Crippen molar-refractivity contribution in [3.05, 3.63) is 93.3 Å². The Morgan fingerprint density at radius 3 is 2.57 bits per heavy atom. The molecule has 0 unspecified atom stereocenters. The summed E-state index contributed by atoms with van der Waals surface area (Å²) < 4.78 is 4.00. The van der Waals surface area contributed by atoms with Gasteiger partial charge in [-0.15, -0.1) is 0 Å². The molecule has 0 radical (unpaired) electrons. The van der Waals surface area contributed by atoms with Crippen molar-refractivity contribution in [2.45, 2.75) is 37.3 Å². The summed E-state index contributed by atoms with van der Waals surface area (Å²) in [5, 5.41) is 11.9. The Balaban J connectivity index is 1.15. The Kier molecular flexibility index (Phi) is 7.71. The van der Waals surface area contributed by atoms with E-state index in [1.807, 2.05) is 47.2 Å². The van der Waals surface area contributed by atoms with Gasteiger partial charge >= 0.3 is 0 Å². The van der Waals surface area contributed by atoms with Crippen LogP contribution in [0.5, 0.6) is 0 Å². The van der Waals surface area contributed by atoms with Gasteiger partial charge in [0.1, 0.15) is 12.0 Å². The highest BCUT2D eigenvalue weighted by Crippen LogP contribution is 2.36. The monoisotopic (exact) mass is 632 g/mol. The molecule has 2 amide bonds. The van der Waals surface area contributed by atoms with Crippen LogP contribution in [0.4, 0.5) is 0 Å². The number of nitrogens with zero attached hydrogens (tertiary/aromatic N) is 6. The number of hydrogen-bond donors (Lipinski definition) is 1. The number of carbonyl (C=O) groups is 2. The van der Waals surface area contributed by atoms with E-state index < -0.39 is 5.60 Å². The largest absolute Gasteiger partial charge is 0.388 e. The number of halogens is 1.